The van der Waals surface area contributed by atoms with Crippen molar-refractivity contribution in [2.24, 2.45) is 0 Å². The molecule has 0 aromatic heterocycles. The number of esters is 2. The van der Waals surface area contributed by atoms with E-state index in [-0.39, 0.29) is 24.4 Å². The molecule has 2 aromatic carbocycles. The van der Waals surface area contributed by atoms with Gasteiger partial charge in [-0.15, -0.1) is 0 Å². The van der Waals surface area contributed by atoms with Gasteiger partial charge in [0.2, 0.25) is 0 Å². The van der Waals surface area contributed by atoms with E-state index < -0.39 is 11.9 Å². The summed E-state index contributed by atoms with van der Waals surface area (Å²) in [5, 5.41) is 0. The van der Waals surface area contributed by atoms with Crippen molar-refractivity contribution in [3.8, 4) is 11.5 Å². The van der Waals surface area contributed by atoms with Gasteiger partial charge in [0.05, 0.1) is 20.8 Å². The monoisotopic (exact) mass is 384 g/mol. The van der Waals surface area contributed by atoms with E-state index in [2.05, 4.69) is 0 Å². The first kappa shape index (κ1) is 21.0. The molecule has 0 atom stereocenters. The average Bonchev–Trinajstić information content (AvgIpc) is 2.69. The number of rotatable bonds is 8. The zero-order chi connectivity index (χ0) is 20.5. The molecule has 0 amide bonds. The highest BCUT2D eigenvalue weighted by atomic mass is 16.5. The van der Waals surface area contributed by atoms with Crippen molar-refractivity contribution in [2.75, 3.05) is 20.8 Å². The molecule has 2 aromatic rings. The molecule has 28 heavy (non-hydrogen) atoms. The van der Waals surface area contributed by atoms with E-state index in [0.717, 1.165) is 5.56 Å². The Morgan fingerprint density at radius 2 is 1.39 bits per heavy atom. The Kier molecular flexibility index (Phi) is 7.63. The van der Waals surface area contributed by atoms with Crippen LogP contribution in [-0.2, 0) is 25.5 Å². The van der Waals surface area contributed by atoms with Crippen molar-refractivity contribution in [3.63, 3.8) is 0 Å². The van der Waals surface area contributed by atoms with Crippen LogP contribution in [0.15, 0.2) is 54.3 Å². The Labute approximate surface area is 164 Å². The van der Waals surface area contributed by atoms with E-state index >= 15 is 0 Å². The molecular formula is C22H24O6. The predicted octanol–water partition coefficient (Wildman–Crippen LogP) is 3.78. The fourth-order valence-electron chi connectivity index (χ4n) is 2.63. The van der Waals surface area contributed by atoms with Crippen LogP contribution in [0.1, 0.15) is 25.0 Å². The summed E-state index contributed by atoms with van der Waals surface area (Å²) in [5.41, 5.74) is 1.63. The first-order valence-corrected chi connectivity index (χ1v) is 8.84. The summed E-state index contributed by atoms with van der Waals surface area (Å²) in [6, 6.07) is 14.2. The number of allylic oxidation sites excluding steroid dienone is 1. The lowest BCUT2D eigenvalue weighted by molar-refractivity contribution is -0.137. The fourth-order valence-corrected chi connectivity index (χ4v) is 2.63. The molecule has 0 aliphatic heterocycles. The highest BCUT2D eigenvalue weighted by molar-refractivity contribution is 6.17. The molecular weight excluding hydrogens is 360 g/mol. The minimum absolute atomic E-state index is 0.203. The smallest absolute Gasteiger partial charge is 0.342 e. The maximum Gasteiger partial charge on any atom is 0.342 e. The Hall–Kier alpha value is -3.28. The van der Waals surface area contributed by atoms with Gasteiger partial charge in [0.1, 0.15) is 22.8 Å². The molecule has 0 aliphatic carbocycles. The number of carbonyl (C=O) groups excluding carboxylic acids is 2. The molecule has 0 N–H and O–H groups in total. The molecule has 0 radical (unpaired) electrons. The van der Waals surface area contributed by atoms with Crippen molar-refractivity contribution in [3.05, 3.63) is 65.4 Å². The minimum atomic E-state index is -0.558. The van der Waals surface area contributed by atoms with Crippen molar-refractivity contribution >= 4 is 17.5 Å². The molecule has 148 valence electrons. The number of hydrogen-bond donors (Lipinski definition) is 0. The highest BCUT2D eigenvalue weighted by Gasteiger charge is 2.22. The van der Waals surface area contributed by atoms with Gasteiger partial charge in [-0.05, 0) is 42.3 Å². The van der Waals surface area contributed by atoms with Crippen LogP contribution in [-0.4, -0.2) is 32.8 Å². The quantitative estimate of drug-likeness (QED) is 0.392. The van der Waals surface area contributed by atoms with Gasteiger partial charge in [-0.1, -0.05) is 24.3 Å². The molecule has 0 aliphatic rings. The zero-order valence-electron chi connectivity index (χ0n) is 16.5. The Balaban J connectivity index is 2.53. The van der Waals surface area contributed by atoms with Crippen LogP contribution >= 0.6 is 0 Å². The summed E-state index contributed by atoms with van der Waals surface area (Å²) in [4.78, 5) is 24.4. The predicted molar refractivity (Wildman–Crippen MR) is 105 cm³/mol. The molecule has 0 heterocycles. The summed E-state index contributed by atoms with van der Waals surface area (Å²) < 4.78 is 21.0. The number of hydrogen-bond acceptors (Lipinski definition) is 6. The standard InChI is InChI=1S/C22H24O6/c1-5-27-22(24)21(17-8-12-19(26-4)13-9-17)20(28-15(2)23)14-16-6-10-18(25-3)11-7-16/h6-13H,5,14H2,1-4H3. The van der Waals surface area contributed by atoms with Crippen LogP contribution in [0.2, 0.25) is 0 Å². The van der Waals surface area contributed by atoms with Gasteiger partial charge >= 0.3 is 11.9 Å². The van der Waals surface area contributed by atoms with Gasteiger partial charge < -0.3 is 18.9 Å². The lowest BCUT2D eigenvalue weighted by atomic mass is 10.0. The largest absolute Gasteiger partial charge is 0.497 e. The second kappa shape index (κ2) is 10.2. The lowest BCUT2D eigenvalue weighted by Crippen LogP contribution is -2.14. The van der Waals surface area contributed by atoms with E-state index in [1.807, 2.05) is 12.1 Å². The second-order valence-electron chi connectivity index (χ2n) is 5.87. The number of carbonyl (C=O) groups is 2. The van der Waals surface area contributed by atoms with E-state index in [9.17, 15) is 9.59 Å². The summed E-state index contributed by atoms with van der Waals surface area (Å²) in [6.07, 6.45) is 0.240. The maximum absolute atomic E-state index is 12.7. The van der Waals surface area contributed by atoms with Gasteiger partial charge in [-0.25, -0.2) is 4.79 Å². The lowest BCUT2D eigenvalue weighted by Gasteiger charge is -2.15. The van der Waals surface area contributed by atoms with Crippen LogP contribution in [0.25, 0.3) is 5.57 Å². The van der Waals surface area contributed by atoms with Crippen molar-refractivity contribution in [2.45, 2.75) is 20.3 Å². The molecule has 0 saturated heterocycles. The third-order valence-corrected chi connectivity index (χ3v) is 3.93. The van der Waals surface area contributed by atoms with E-state index in [0.29, 0.717) is 17.1 Å². The Morgan fingerprint density at radius 1 is 0.857 bits per heavy atom. The third kappa shape index (κ3) is 5.61. The molecule has 0 spiro atoms. The SMILES string of the molecule is CCOC(=O)C(=C(Cc1ccc(OC)cc1)OC(C)=O)c1ccc(OC)cc1. The maximum atomic E-state index is 12.7. The molecule has 0 saturated carbocycles. The average molecular weight is 384 g/mol. The summed E-state index contributed by atoms with van der Waals surface area (Å²) in [6.45, 7) is 3.22. The van der Waals surface area contributed by atoms with Crippen molar-refractivity contribution in [1.29, 1.82) is 0 Å². The van der Waals surface area contributed by atoms with Crippen LogP contribution in [0, 0.1) is 0 Å². The Morgan fingerprint density at radius 3 is 1.86 bits per heavy atom. The minimum Gasteiger partial charge on any atom is -0.497 e. The third-order valence-electron chi connectivity index (χ3n) is 3.93. The topological polar surface area (TPSA) is 71.1 Å². The van der Waals surface area contributed by atoms with Gasteiger partial charge in [0.15, 0.2) is 0 Å². The van der Waals surface area contributed by atoms with Crippen molar-refractivity contribution in [1.82, 2.24) is 0 Å². The van der Waals surface area contributed by atoms with Crippen LogP contribution in [0.5, 0.6) is 11.5 Å². The van der Waals surface area contributed by atoms with Crippen molar-refractivity contribution < 1.29 is 28.5 Å². The normalized spacial score (nSPS) is 11.3. The van der Waals surface area contributed by atoms with Crippen LogP contribution in [0.3, 0.4) is 0 Å². The first-order chi connectivity index (χ1) is 13.5. The van der Waals surface area contributed by atoms with Crippen LogP contribution in [0.4, 0.5) is 0 Å². The molecule has 6 nitrogen and oxygen atoms in total. The molecule has 2 rings (SSSR count). The first-order valence-electron chi connectivity index (χ1n) is 8.84. The molecule has 0 fully saturated rings. The fraction of sp³-hybridized carbons (Fsp3) is 0.273. The van der Waals surface area contributed by atoms with Gasteiger partial charge in [-0.3, -0.25) is 4.79 Å². The number of ether oxygens (including phenoxy) is 4. The van der Waals surface area contributed by atoms with E-state index in [1.165, 1.54) is 6.92 Å². The summed E-state index contributed by atoms with van der Waals surface area (Å²) in [7, 11) is 3.15. The van der Waals surface area contributed by atoms with Gasteiger partial charge in [-0.2, -0.15) is 0 Å². The number of methoxy groups -OCH3 is 2. The summed E-state index contributed by atoms with van der Waals surface area (Å²) in [5.74, 6) is 0.510. The molecule has 0 unspecified atom stereocenters. The molecule has 0 bridgehead atoms. The summed E-state index contributed by atoms with van der Waals surface area (Å²) >= 11 is 0. The molecule has 6 heteroatoms. The zero-order valence-corrected chi connectivity index (χ0v) is 16.5. The number of benzene rings is 2. The van der Waals surface area contributed by atoms with E-state index in [1.54, 1.807) is 57.5 Å². The van der Waals surface area contributed by atoms with E-state index in [4.69, 9.17) is 18.9 Å². The van der Waals surface area contributed by atoms with Gasteiger partial charge in [0, 0.05) is 13.3 Å². The second-order valence-corrected chi connectivity index (χ2v) is 5.87. The van der Waals surface area contributed by atoms with Crippen LogP contribution < -0.4 is 9.47 Å². The highest BCUT2D eigenvalue weighted by Crippen LogP contribution is 2.27. The van der Waals surface area contributed by atoms with Gasteiger partial charge in [0.25, 0.3) is 0 Å². The Bertz CT molecular complexity index is 834.